The Hall–Kier alpha value is -1.71. The molecule has 0 aliphatic carbocycles. The molecule has 0 bridgehead atoms. The lowest BCUT2D eigenvalue weighted by molar-refractivity contribution is -0.145. The van der Waals surface area contributed by atoms with E-state index in [0.717, 1.165) is 18.4 Å². The van der Waals surface area contributed by atoms with Crippen molar-refractivity contribution in [3.05, 3.63) is 23.8 Å². The van der Waals surface area contributed by atoms with Gasteiger partial charge >= 0.3 is 5.97 Å². The van der Waals surface area contributed by atoms with Crippen LogP contribution in [0.15, 0.2) is 18.2 Å². The highest BCUT2D eigenvalue weighted by molar-refractivity contribution is 5.73. The van der Waals surface area contributed by atoms with E-state index in [9.17, 15) is 4.79 Å². The van der Waals surface area contributed by atoms with Gasteiger partial charge in [-0.1, -0.05) is 25.5 Å². The Labute approximate surface area is 113 Å². The molecule has 0 radical (unpaired) electrons. The second-order valence-electron chi connectivity index (χ2n) is 5.52. The third kappa shape index (κ3) is 3.00. The predicted molar refractivity (Wildman–Crippen MR) is 71.8 cm³/mol. The maximum absolute atomic E-state index is 11.2. The van der Waals surface area contributed by atoms with Crippen LogP contribution in [0.1, 0.15) is 39.2 Å². The minimum atomic E-state index is -0.934. The fraction of sp³-hybridized carbons (Fsp3) is 0.533. The molecular weight excluding hydrogens is 244 g/mol. The number of carbonyl (C=O) groups is 1. The summed E-state index contributed by atoms with van der Waals surface area (Å²) in [6, 6.07) is 5.64. The van der Waals surface area contributed by atoms with E-state index < -0.39 is 12.1 Å². The van der Waals surface area contributed by atoms with Crippen molar-refractivity contribution in [3.8, 4) is 11.5 Å². The number of hydrogen-bond donors (Lipinski definition) is 1. The summed E-state index contributed by atoms with van der Waals surface area (Å²) in [7, 11) is 0. The lowest BCUT2D eigenvalue weighted by Gasteiger charge is -2.20. The minimum absolute atomic E-state index is 0.259. The molecule has 0 spiro atoms. The largest absolute Gasteiger partial charge is 0.483 e. The van der Waals surface area contributed by atoms with E-state index in [-0.39, 0.29) is 5.60 Å². The van der Waals surface area contributed by atoms with Gasteiger partial charge in [-0.15, -0.1) is 0 Å². The zero-order valence-electron chi connectivity index (χ0n) is 11.6. The quantitative estimate of drug-likeness (QED) is 0.888. The first kappa shape index (κ1) is 13.7. The molecule has 104 valence electrons. The Morgan fingerprint density at radius 3 is 2.89 bits per heavy atom. The van der Waals surface area contributed by atoms with Crippen LogP contribution < -0.4 is 9.47 Å². The van der Waals surface area contributed by atoms with Gasteiger partial charge in [0.15, 0.2) is 17.6 Å². The van der Waals surface area contributed by atoms with E-state index in [1.165, 1.54) is 0 Å². The van der Waals surface area contributed by atoms with Crippen LogP contribution in [0.25, 0.3) is 0 Å². The van der Waals surface area contributed by atoms with Gasteiger partial charge in [0.1, 0.15) is 5.60 Å². The van der Waals surface area contributed by atoms with E-state index in [0.29, 0.717) is 17.9 Å². The van der Waals surface area contributed by atoms with Crippen molar-refractivity contribution in [2.24, 2.45) is 0 Å². The van der Waals surface area contributed by atoms with Crippen LogP contribution in [0.5, 0.6) is 11.5 Å². The van der Waals surface area contributed by atoms with Gasteiger partial charge in [0.05, 0.1) is 0 Å². The molecule has 1 aromatic rings. The SMILES string of the molecule is CCCC(Oc1cccc2c1OC(C)(C)C2)C(=O)O. The fourth-order valence-electron chi connectivity index (χ4n) is 2.33. The predicted octanol–water partition coefficient (Wildman–Crippen LogP) is 3.03. The summed E-state index contributed by atoms with van der Waals surface area (Å²) in [5, 5.41) is 9.15. The van der Waals surface area contributed by atoms with Gasteiger partial charge < -0.3 is 14.6 Å². The average molecular weight is 264 g/mol. The standard InChI is InChI=1S/C15H20O4/c1-4-6-12(14(16)17)18-11-8-5-7-10-9-15(2,3)19-13(10)11/h5,7-8,12H,4,6,9H2,1-3H3,(H,16,17). The van der Waals surface area contributed by atoms with Crippen molar-refractivity contribution in [2.75, 3.05) is 0 Å². The number of carboxylic acids is 1. The van der Waals surface area contributed by atoms with Crippen molar-refractivity contribution < 1.29 is 19.4 Å². The van der Waals surface area contributed by atoms with Crippen LogP contribution in [-0.2, 0) is 11.2 Å². The molecule has 1 aliphatic rings. The number of fused-ring (bicyclic) bond motifs is 1. The second kappa shape index (κ2) is 5.11. The van der Waals surface area contributed by atoms with Gasteiger partial charge in [0, 0.05) is 12.0 Å². The number of aliphatic carboxylic acids is 1. The fourth-order valence-corrected chi connectivity index (χ4v) is 2.33. The molecule has 4 nitrogen and oxygen atoms in total. The zero-order chi connectivity index (χ0) is 14.0. The number of rotatable bonds is 5. The molecule has 0 amide bonds. The van der Waals surface area contributed by atoms with Crippen molar-refractivity contribution in [2.45, 2.75) is 51.7 Å². The molecule has 0 fully saturated rings. The number of para-hydroxylation sites is 1. The normalized spacial score (nSPS) is 17.4. The van der Waals surface area contributed by atoms with Crippen LogP contribution >= 0.6 is 0 Å². The van der Waals surface area contributed by atoms with E-state index >= 15 is 0 Å². The zero-order valence-corrected chi connectivity index (χ0v) is 11.6. The van der Waals surface area contributed by atoms with Crippen molar-refractivity contribution in [1.82, 2.24) is 0 Å². The van der Waals surface area contributed by atoms with Crippen LogP contribution in [0, 0.1) is 0 Å². The number of benzene rings is 1. The summed E-state index contributed by atoms with van der Waals surface area (Å²) in [5.74, 6) is 0.287. The molecule has 1 heterocycles. The highest BCUT2D eigenvalue weighted by Gasteiger charge is 2.33. The number of hydrogen-bond acceptors (Lipinski definition) is 3. The van der Waals surface area contributed by atoms with E-state index in [1.807, 2.05) is 32.9 Å². The second-order valence-corrected chi connectivity index (χ2v) is 5.52. The molecule has 1 unspecified atom stereocenters. The first-order valence-electron chi connectivity index (χ1n) is 6.63. The Morgan fingerprint density at radius 2 is 2.26 bits per heavy atom. The molecule has 0 saturated carbocycles. The molecule has 19 heavy (non-hydrogen) atoms. The van der Waals surface area contributed by atoms with E-state index in [1.54, 1.807) is 6.07 Å². The van der Waals surface area contributed by atoms with Crippen LogP contribution in [0.3, 0.4) is 0 Å². The van der Waals surface area contributed by atoms with E-state index in [2.05, 4.69) is 0 Å². The molecule has 2 rings (SSSR count). The molecule has 1 atom stereocenters. The van der Waals surface area contributed by atoms with Crippen molar-refractivity contribution in [3.63, 3.8) is 0 Å². The molecule has 1 aromatic carbocycles. The Kier molecular flexibility index (Phi) is 3.69. The Balaban J connectivity index is 2.23. The Morgan fingerprint density at radius 1 is 1.53 bits per heavy atom. The monoisotopic (exact) mass is 264 g/mol. The van der Waals surface area contributed by atoms with Gasteiger partial charge in [0.2, 0.25) is 0 Å². The molecule has 0 saturated heterocycles. The van der Waals surface area contributed by atoms with Crippen LogP contribution in [0.2, 0.25) is 0 Å². The average Bonchev–Trinajstić information content (AvgIpc) is 2.63. The molecule has 1 aliphatic heterocycles. The van der Waals surface area contributed by atoms with Gasteiger partial charge in [-0.25, -0.2) is 4.79 Å². The van der Waals surface area contributed by atoms with Crippen molar-refractivity contribution in [1.29, 1.82) is 0 Å². The van der Waals surface area contributed by atoms with Gasteiger partial charge in [-0.05, 0) is 26.3 Å². The van der Waals surface area contributed by atoms with Crippen LogP contribution in [-0.4, -0.2) is 22.8 Å². The lowest BCUT2D eigenvalue weighted by atomic mass is 10.0. The summed E-state index contributed by atoms with van der Waals surface area (Å²) in [5.41, 5.74) is 0.814. The Bertz CT molecular complexity index is 479. The van der Waals surface area contributed by atoms with Gasteiger partial charge in [0.25, 0.3) is 0 Å². The summed E-state index contributed by atoms with van der Waals surface area (Å²) >= 11 is 0. The maximum Gasteiger partial charge on any atom is 0.344 e. The third-order valence-electron chi connectivity index (χ3n) is 3.15. The summed E-state index contributed by atoms with van der Waals surface area (Å²) in [4.78, 5) is 11.2. The maximum atomic E-state index is 11.2. The highest BCUT2D eigenvalue weighted by Crippen LogP contribution is 2.42. The van der Waals surface area contributed by atoms with Gasteiger partial charge in [-0.2, -0.15) is 0 Å². The van der Waals surface area contributed by atoms with Crippen molar-refractivity contribution >= 4 is 5.97 Å². The van der Waals surface area contributed by atoms with Crippen LogP contribution in [0.4, 0.5) is 0 Å². The molecule has 4 heteroatoms. The summed E-state index contributed by atoms with van der Waals surface area (Å²) in [6.45, 7) is 5.96. The lowest BCUT2D eigenvalue weighted by Crippen LogP contribution is -2.27. The van der Waals surface area contributed by atoms with Gasteiger partial charge in [-0.3, -0.25) is 0 Å². The minimum Gasteiger partial charge on any atom is -0.483 e. The summed E-state index contributed by atoms with van der Waals surface area (Å²) in [6.07, 6.45) is 1.25. The number of ether oxygens (including phenoxy) is 2. The third-order valence-corrected chi connectivity index (χ3v) is 3.15. The van der Waals surface area contributed by atoms with E-state index in [4.69, 9.17) is 14.6 Å². The smallest absolute Gasteiger partial charge is 0.344 e. The highest BCUT2D eigenvalue weighted by atomic mass is 16.6. The molecule has 1 N–H and O–H groups in total. The topological polar surface area (TPSA) is 55.8 Å². The number of carboxylic acid groups (broad SMARTS) is 1. The summed E-state index contributed by atoms with van der Waals surface area (Å²) < 4.78 is 11.5. The first-order valence-corrected chi connectivity index (χ1v) is 6.63. The first-order chi connectivity index (χ1) is 8.93. The molecular formula is C15H20O4. The molecule has 0 aromatic heterocycles.